The highest BCUT2D eigenvalue weighted by Gasteiger charge is 2.32. The van der Waals surface area contributed by atoms with Gasteiger partial charge in [0.25, 0.3) is 0 Å². The number of nitrogens with one attached hydrogen (secondary N) is 1. The third-order valence-electron chi connectivity index (χ3n) is 6.83. The summed E-state index contributed by atoms with van der Waals surface area (Å²) in [5.74, 6) is 2.84. The first-order chi connectivity index (χ1) is 15.0. The van der Waals surface area contributed by atoms with Crippen LogP contribution in [0.1, 0.15) is 57.8 Å². The van der Waals surface area contributed by atoms with Gasteiger partial charge in [0.05, 0.1) is 4.90 Å². The number of sulfonamides is 1. The summed E-state index contributed by atoms with van der Waals surface area (Å²) < 4.78 is 38.6. The number of carbonyl (C=O) groups is 1. The van der Waals surface area contributed by atoms with Crippen LogP contribution >= 0.6 is 0 Å². The molecule has 1 saturated heterocycles. The van der Waals surface area contributed by atoms with Gasteiger partial charge in [-0.3, -0.25) is 4.79 Å². The van der Waals surface area contributed by atoms with Gasteiger partial charge in [-0.15, -0.1) is 0 Å². The minimum Gasteiger partial charge on any atom is -0.486 e. The summed E-state index contributed by atoms with van der Waals surface area (Å²) in [4.78, 5) is 14.8. The van der Waals surface area contributed by atoms with E-state index in [0.29, 0.717) is 50.0 Å². The second-order valence-corrected chi connectivity index (χ2v) is 10.7. The van der Waals surface area contributed by atoms with Gasteiger partial charge in [-0.05, 0) is 49.7 Å². The number of carbonyl (C=O) groups excluding carboxylic acids is 1. The lowest BCUT2D eigenvalue weighted by atomic mass is 9.75. The van der Waals surface area contributed by atoms with Crippen molar-refractivity contribution < 1.29 is 22.7 Å². The highest BCUT2D eigenvalue weighted by Crippen LogP contribution is 2.36. The Bertz CT molecular complexity index is 873. The Hall–Kier alpha value is -1.80. The van der Waals surface area contributed by atoms with Crippen molar-refractivity contribution in [3.8, 4) is 11.5 Å². The molecule has 2 aliphatic heterocycles. The molecular weight excluding hydrogens is 416 g/mol. The van der Waals surface area contributed by atoms with Crippen LogP contribution in [0.15, 0.2) is 23.1 Å². The van der Waals surface area contributed by atoms with Gasteiger partial charge in [-0.2, -0.15) is 0 Å². The molecule has 1 aromatic rings. The van der Waals surface area contributed by atoms with Crippen LogP contribution in [0.4, 0.5) is 0 Å². The minimum atomic E-state index is -3.59. The average molecular weight is 451 g/mol. The molecule has 2 atom stereocenters. The van der Waals surface area contributed by atoms with Gasteiger partial charge in [0, 0.05) is 32.1 Å². The number of rotatable bonds is 8. The molecule has 1 aromatic carbocycles. The maximum Gasteiger partial charge on any atom is 0.240 e. The number of fused-ring (bicyclic) bond motifs is 2. The van der Waals surface area contributed by atoms with Gasteiger partial charge in [0.15, 0.2) is 11.5 Å². The van der Waals surface area contributed by atoms with Gasteiger partial charge >= 0.3 is 0 Å². The number of likely N-dealkylation sites (tertiary alicyclic amines) is 1. The van der Waals surface area contributed by atoms with Crippen molar-refractivity contribution in [3.63, 3.8) is 0 Å². The number of amides is 1. The number of hydrogen-bond acceptors (Lipinski definition) is 5. The first kappa shape index (κ1) is 22.4. The molecule has 8 heteroatoms. The van der Waals surface area contributed by atoms with Gasteiger partial charge in [0.2, 0.25) is 15.9 Å². The number of ether oxygens (including phenoxy) is 2. The number of piperidine rings is 1. The molecule has 172 valence electrons. The molecule has 4 rings (SSSR count). The Morgan fingerprint density at radius 2 is 1.77 bits per heavy atom. The minimum absolute atomic E-state index is 0.179. The molecule has 3 aliphatic rings. The summed E-state index contributed by atoms with van der Waals surface area (Å²) in [7, 11) is -3.59. The normalized spacial score (nSPS) is 23.3. The Morgan fingerprint density at radius 1 is 1.00 bits per heavy atom. The van der Waals surface area contributed by atoms with E-state index in [4.69, 9.17) is 9.47 Å². The third-order valence-corrected chi connectivity index (χ3v) is 8.29. The summed E-state index contributed by atoms with van der Waals surface area (Å²) in [5, 5.41) is 0. The van der Waals surface area contributed by atoms with E-state index in [2.05, 4.69) is 9.62 Å². The lowest BCUT2D eigenvalue weighted by Crippen LogP contribution is -2.44. The van der Waals surface area contributed by atoms with Gasteiger partial charge in [0.1, 0.15) is 13.2 Å². The lowest BCUT2D eigenvalue weighted by Gasteiger charge is -2.41. The molecule has 0 aromatic heterocycles. The molecule has 0 spiro atoms. The monoisotopic (exact) mass is 450 g/mol. The Kier molecular flexibility index (Phi) is 7.38. The zero-order valence-corrected chi connectivity index (χ0v) is 19.0. The zero-order chi connectivity index (χ0) is 21.7. The standard InChI is InChI=1S/C23H34N2O5S/c26-23(25-13-11-18-6-3-4-7-19(18)17-25)8-2-1-5-12-24-31(27,28)20-9-10-21-22(16-20)30-15-14-29-21/h9-10,16,18-19,24H,1-8,11-15,17H2. The summed E-state index contributed by atoms with van der Waals surface area (Å²) in [5.41, 5.74) is 0. The molecule has 1 amide bonds. The largest absolute Gasteiger partial charge is 0.486 e. The van der Waals surface area contributed by atoms with Crippen molar-refractivity contribution in [3.05, 3.63) is 18.2 Å². The molecular formula is C23H34N2O5S. The van der Waals surface area contributed by atoms with Crippen LogP contribution in [0.25, 0.3) is 0 Å². The van der Waals surface area contributed by atoms with Crippen molar-refractivity contribution in [1.82, 2.24) is 9.62 Å². The van der Waals surface area contributed by atoms with Crippen LogP contribution < -0.4 is 14.2 Å². The predicted octanol–water partition coefficient (Wildman–Crippen LogP) is 3.34. The molecule has 0 radical (unpaired) electrons. The molecule has 2 fully saturated rings. The van der Waals surface area contributed by atoms with Crippen molar-refractivity contribution in [2.24, 2.45) is 11.8 Å². The first-order valence-corrected chi connectivity index (χ1v) is 13.2. The lowest BCUT2D eigenvalue weighted by molar-refractivity contribution is -0.134. The summed E-state index contributed by atoms with van der Waals surface area (Å²) in [6, 6.07) is 4.67. The second kappa shape index (κ2) is 10.2. The maximum atomic E-state index is 12.6. The van der Waals surface area contributed by atoms with E-state index in [9.17, 15) is 13.2 Å². The topological polar surface area (TPSA) is 84.9 Å². The third kappa shape index (κ3) is 5.71. The molecule has 1 saturated carbocycles. The van der Waals surface area contributed by atoms with Crippen LogP contribution in [-0.4, -0.2) is 52.1 Å². The second-order valence-electron chi connectivity index (χ2n) is 8.95. The van der Waals surface area contributed by atoms with Crippen molar-refractivity contribution >= 4 is 15.9 Å². The van der Waals surface area contributed by atoms with Crippen LogP contribution in [0, 0.1) is 11.8 Å². The van der Waals surface area contributed by atoms with Crippen molar-refractivity contribution in [1.29, 1.82) is 0 Å². The Balaban J connectivity index is 1.14. The quantitative estimate of drug-likeness (QED) is 0.614. The van der Waals surface area contributed by atoms with E-state index in [1.54, 1.807) is 6.07 Å². The SMILES string of the molecule is O=C(CCCCCNS(=O)(=O)c1ccc2c(c1)OCCO2)N1CCC2CCCCC2C1. The Morgan fingerprint density at radius 3 is 2.61 bits per heavy atom. The van der Waals surface area contributed by atoms with E-state index >= 15 is 0 Å². The highest BCUT2D eigenvalue weighted by molar-refractivity contribution is 7.89. The van der Waals surface area contributed by atoms with Crippen LogP contribution in [0.5, 0.6) is 11.5 Å². The fourth-order valence-electron chi connectivity index (χ4n) is 5.04. The number of unbranched alkanes of at least 4 members (excludes halogenated alkanes) is 2. The summed E-state index contributed by atoms with van der Waals surface area (Å²) in [6.45, 7) is 3.10. The van der Waals surface area contributed by atoms with Crippen molar-refractivity contribution in [2.75, 3.05) is 32.8 Å². The molecule has 1 N–H and O–H groups in total. The molecule has 2 unspecified atom stereocenters. The molecule has 7 nitrogen and oxygen atoms in total. The number of nitrogens with zero attached hydrogens (tertiary/aromatic N) is 1. The summed E-state index contributed by atoms with van der Waals surface area (Å²) >= 11 is 0. The van der Waals surface area contributed by atoms with E-state index < -0.39 is 10.0 Å². The molecule has 31 heavy (non-hydrogen) atoms. The molecule has 0 bridgehead atoms. The Labute approximate surface area is 185 Å². The molecule has 1 aliphatic carbocycles. The number of hydrogen-bond donors (Lipinski definition) is 1. The van der Waals surface area contributed by atoms with E-state index in [0.717, 1.165) is 38.3 Å². The van der Waals surface area contributed by atoms with E-state index in [1.807, 2.05) is 0 Å². The van der Waals surface area contributed by atoms with E-state index in [1.165, 1.54) is 37.8 Å². The predicted molar refractivity (Wildman–Crippen MR) is 118 cm³/mol. The average Bonchev–Trinajstić information content (AvgIpc) is 2.80. The van der Waals surface area contributed by atoms with Gasteiger partial charge in [-0.1, -0.05) is 25.7 Å². The van der Waals surface area contributed by atoms with Crippen molar-refractivity contribution in [2.45, 2.75) is 62.7 Å². The fraction of sp³-hybridized carbons (Fsp3) is 0.696. The molecule has 2 heterocycles. The van der Waals surface area contributed by atoms with Gasteiger partial charge < -0.3 is 14.4 Å². The summed E-state index contributed by atoms with van der Waals surface area (Å²) in [6.07, 6.45) is 9.35. The fourth-order valence-corrected chi connectivity index (χ4v) is 6.13. The van der Waals surface area contributed by atoms with Crippen LogP contribution in [0.3, 0.4) is 0 Å². The van der Waals surface area contributed by atoms with Gasteiger partial charge in [-0.25, -0.2) is 13.1 Å². The van der Waals surface area contributed by atoms with Crippen LogP contribution in [0.2, 0.25) is 0 Å². The van der Waals surface area contributed by atoms with E-state index in [-0.39, 0.29) is 10.8 Å². The maximum absolute atomic E-state index is 12.6. The highest BCUT2D eigenvalue weighted by atomic mass is 32.2. The smallest absolute Gasteiger partial charge is 0.240 e. The zero-order valence-electron chi connectivity index (χ0n) is 18.2. The number of benzene rings is 1. The first-order valence-electron chi connectivity index (χ1n) is 11.7. The van der Waals surface area contributed by atoms with Crippen LogP contribution in [-0.2, 0) is 14.8 Å².